The van der Waals surface area contributed by atoms with Gasteiger partial charge in [-0.2, -0.15) is 0 Å². The van der Waals surface area contributed by atoms with Crippen molar-refractivity contribution in [1.82, 2.24) is 4.57 Å². The number of esters is 1. The number of halogens is 2. The van der Waals surface area contributed by atoms with Crippen LogP contribution in [0.3, 0.4) is 0 Å². The molecule has 192 valence electrons. The molecule has 0 spiro atoms. The smallest absolute Gasteiger partial charge is 0.338 e. The van der Waals surface area contributed by atoms with Crippen molar-refractivity contribution in [2.45, 2.75) is 26.8 Å². The van der Waals surface area contributed by atoms with Crippen molar-refractivity contribution in [3.63, 3.8) is 0 Å². The zero-order chi connectivity index (χ0) is 26.9. The van der Waals surface area contributed by atoms with Gasteiger partial charge in [0, 0.05) is 16.7 Å². The fourth-order valence-electron chi connectivity index (χ4n) is 3.97. The zero-order valence-corrected chi connectivity index (χ0v) is 22.3. The van der Waals surface area contributed by atoms with Crippen LogP contribution in [0.25, 0.3) is 6.08 Å². The molecule has 0 saturated carbocycles. The normalized spacial score (nSPS) is 15.3. The van der Waals surface area contributed by atoms with Crippen molar-refractivity contribution in [3.05, 3.63) is 98.6 Å². The molecular formula is C25H21Cl2N3O6S. The number of aromatic nitrogens is 1. The Morgan fingerprint density at radius 1 is 1.19 bits per heavy atom. The first-order chi connectivity index (χ1) is 17.7. The maximum Gasteiger partial charge on any atom is 0.338 e. The summed E-state index contributed by atoms with van der Waals surface area (Å²) in [5.74, 6) is 0.0734. The molecule has 0 amide bonds. The van der Waals surface area contributed by atoms with Crippen LogP contribution in [-0.4, -0.2) is 28.7 Å². The number of carbonyl (C=O) groups excluding carboxylic acids is 1. The van der Waals surface area contributed by atoms with Crippen LogP contribution in [0.5, 0.6) is 5.75 Å². The topological polar surface area (TPSA) is 113 Å². The minimum Gasteiger partial charge on any atom is -0.494 e. The van der Waals surface area contributed by atoms with Gasteiger partial charge in [-0.25, -0.2) is 9.79 Å². The number of thiazole rings is 1. The molecule has 0 bridgehead atoms. The fraction of sp³-hybridized carbons (Fsp3) is 0.240. The first-order valence-electron chi connectivity index (χ1n) is 11.2. The van der Waals surface area contributed by atoms with E-state index < -0.39 is 22.5 Å². The number of hydrogen-bond donors (Lipinski definition) is 0. The summed E-state index contributed by atoms with van der Waals surface area (Å²) in [5, 5.41) is 11.4. The van der Waals surface area contributed by atoms with E-state index in [-0.39, 0.29) is 38.0 Å². The van der Waals surface area contributed by atoms with Crippen molar-refractivity contribution in [2.24, 2.45) is 4.99 Å². The summed E-state index contributed by atoms with van der Waals surface area (Å²) in [6.07, 6.45) is 1.45. The Balaban J connectivity index is 1.94. The van der Waals surface area contributed by atoms with Crippen LogP contribution in [0.4, 0.5) is 5.69 Å². The van der Waals surface area contributed by atoms with E-state index in [1.165, 1.54) is 22.8 Å². The molecule has 9 nitrogen and oxygen atoms in total. The van der Waals surface area contributed by atoms with E-state index in [0.717, 1.165) is 11.3 Å². The SMILES string of the molecule is CCOC(=O)C1=C(C)N=c2s/c(=C/c3cc([N+](=O)[O-])c(Cl)cc3Cl)c(=O)n2[C@@H]1c1ccc(OCC)cc1. The van der Waals surface area contributed by atoms with E-state index in [4.69, 9.17) is 32.7 Å². The van der Waals surface area contributed by atoms with Gasteiger partial charge in [0.15, 0.2) is 4.80 Å². The molecule has 4 rings (SSSR count). The standard InChI is InChI=1S/C25H21Cl2N3O6S/c1-4-35-16-8-6-14(7-9-16)22-21(24(32)36-5-2)13(3)28-25-29(22)23(31)20(37-25)11-15-10-19(30(33)34)18(27)12-17(15)26/h6-12,22H,4-5H2,1-3H3/b20-11+/t22-/m1/s1. The van der Waals surface area contributed by atoms with Crippen LogP contribution in [0.2, 0.25) is 10.0 Å². The Morgan fingerprint density at radius 2 is 1.89 bits per heavy atom. The van der Waals surface area contributed by atoms with Crippen molar-refractivity contribution >= 4 is 52.3 Å². The van der Waals surface area contributed by atoms with Crippen molar-refractivity contribution < 1.29 is 19.2 Å². The number of ether oxygens (including phenoxy) is 2. The molecule has 2 heterocycles. The zero-order valence-electron chi connectivity index (χ0n) is 20.0. The number of benzene rings is 2. The molecule has 0 fully saturated rings. The molecule has 0 saturated heterocycles. The number of nitrogens with zero attached hydrogens (tertiary/aromatic N) is 3. The van der Waals surface area contributed by atoms with E-state index in [1.54, 1.807) is 38.1 Å². The van der Waals surface area contributed by atoms with E-state index in [1.807, 2.05) is 6.92 Å². The average Bonchev–Trinajstić information content (AvgIpc) is 3.15. The highest BCUT2D eigenvalue weighted by atomic mass is 35.5. The van der Waals surface area contributed by atoms with Gasteiger partial charge in [-0.1, -0.05) is 46.7 Å². The lowest BCUT2D eigenvalue weighted by molar-refractivity contribution is -0.384. The number of nitro benzene ring substituents is 1. The van der Waals surface area contributed by atoms with E-state index >= 15 is 0 Å². The van der Waals surface area contributed by atoms with Crippen LogP contribution in [0, 0.1) is 10.1 Å². The van der Waals surface area contributed by atoms with Gasteiger partial charge in [0.25, 0.3) is 11.2 Å². The second-order valence-corrected chi connectivity index (χ2v) is 9.71. The fourth-order valence-corrected chi connectivity index (χ4v) is 5.51. The molecule has 1 atom stereocenters. The monoisotopic (exact) mass is 561 g/mol. The average molecular weight is 562 g/mol. The van der Waals surface area contributed by atoms with E-state index in [0.29, 0.717) is 28.4 Å². The number of allylic oxidation sites excluding steroid dienone is 1. The number of fused-ring (bicyclic) bond motifs is 1. The number of rotatable bonds is 7. The molecule has 3 aromatic rings. The molecule has 1 aromatic heterocycles. The molecular weight excluding hydrogens is 541 g/mol. The number of carbonyl (C=O) groups is 1. The Morgan fingerprint density at radius 3 is 2.51 bits per heavy atom. The Bertz CT molecular complexity index is 1610. The molecule has 12 heteroatoms. The molecule has 0 N–H and O–H groups in total. The van der Waals surface area contributed by atoms with Crippen LogP contribution in [0.15, 0.2) is 57.5 Å². The lowest BCUT2D eigenvalue weighted by Gasteiger charge is -2.24. The van der Waals surface area contributed by atoms with Gasteiger partial charge in [-0.3, -0.25) is 19.5 Å². The molecule has 0 aliphatic carbocycles. The predicted octanol–water partition coefficient (Wildman–Crippen LogP) is 4.41. The summed E-state index contributed by atoms with van der Waals surface area (Å²) in [7, 11) is 0. The maximum absolute atomic E-state index is 13.7. The van der Waals surface area contributed by atoms with E-state index in [2.05, 4.69) is 4.99 Å². The number of nitro groups is 1. The lowest BCUT2D eigenvalue weighted by Crippen LogP contribution is -2.39. The summed E-state index contributed by atoms with van der Waals surface area (Å²) < 4.78 is 12.5. The van der Waals surface area contributed by atoms with Gasteiger partial charge < -0.3 is 9.47 Å². The summed E-state index contributed by atoms with van der Waals surface area (Å²) in [5.41, 5.74) is 0.800. The second kappa shape index (κ2) is 10.9. The van der Waals surface area contributed by atoms with Gasteiger partial charge in [0.1, 0.15) is 10.8 Å². The van der Waals surface area contributed by atoms with Crippen molar-refractivity contribution in [3.8, 4) is 5.75 Å². The quantitative estimate of drug-likeness (QED) is 0.240. The van der Waals surface area contributed by atoms with Crippen LogP contribution in [0.1, 0.15) is 37.9 Å². The van der Waals surface area contributed by atoms with Gasteiger partial charge >= 0.3 is 5.97 Å². The molecule has 1 aliphatic rings. The van der Waals surface area contributed by atoms with Crippen LogP contribution >= 0.6 is 34.5 Å². The third kappa shape index (κ3) is 5.18. The van der Waals surface area contributed by atoms with Crippen molar-refractivity contribution in [1.29, 1.82) is 0 Å². The Hall–Kier alpha value is -3.47. The third-order valence-electron chi connectivity index (χ3n) is 5.57. The highest BCUT2D eigenvalue weighted by Crippen LogP contribution is 2.33. The van der Waals surface area contributed by atoms with Gasteiger partial charge in [0.2, 0.25) is 0 Å². The molecule has 0 radical (unpaired) electrons. The maximum atomic E-state index is 13.7. The minimum absolute atomic E-state index is 0.112. The predicted molar refractivity (Wildman–Crippen MR) is 141 cm³/mol. The Labute approximate surface area is 225 Å². The number of hydrogen-bond acceptors (Lipinski definition) is 8. The minimum atomic E-state index is -0.803. The summed E-state index contributed by atoms with van der Waals surface area (Å²) in [6, 6.07) is 8.76. The van der Waals surface area contributed by atoms with Gasteiger partial charge in [-0.05, 0) is 50.6 Å². The summed E-state index contributed by atoms with van der Waals surface area (Å²) in [6.45, 7) is 5.91. The van der Waals surface area contributed by atoms with Crippen molar-refractivity contribution in [2.75, 3.05) is 13.2 Å². The first kappa shape index (κ1) is 26.6. The van der Waals surface area contributed by atoms with Crippen LogP contribution < -0.4 is 19.6 Å². The summed E-state index contributed by atoms with van der Waals surface area (Å²) in [4.78, 5) is 42.3. The van der Waals surface area contributed by atoms with E-state index in [9.17, 15) is 19.7 Å². The first-order valence-corrected chi connectivity index (χ1v) is 12.8. The third-order valence-corrected chi connectivity index (χ3v) is 7.19. The second-order valence-electron chi connectivity index (χ2n) is 7.89. The lowest BCUT2D eigenvalue weighted by atomic mass is 9.96. The highest BCUT2D eigenvalue weighted by molar-refractivity contribution is 7.07. The highest BCUT2D eigenvalue weighted by Gasteiger charge is 2.33. The summed E-state index contributed by atoms with van der Waals surface area (Å²) >= 11 is 13.3. The van der Waals surface area contributed by atoms with Gasteiger partial charge in [0.05, 0.1) is 40.0 Å². The molecule has 1 aliphatic heterocycles. The largest absolute Gasteiger partial charge is 0.494 e. The molecule has 37 heavy (non-hydrogen) atoms. The Kier molecular flexibility index (Phi) is 7.82. The van der Waals surface area contributed by atoms with Gasteiger partial charge in [-0.15, -0.1) is 0 Å². The molecule has 2 aromatic carbocycles. The molecule has 0 unspecified atom stereocenters. The van der Waals surface area contributed by atoms with Crippen LogP contribution in [-0.2, 0) is 9.53 Å².